The van der Waals surface area contributed by atoms with Crippen LogP contribution in [-0.2, 0) is 0 Å². The monoisotopic (exact) mass is 391 g/mol. The number of benzene rings is 1. The van der Waals surface area contributed by atoms with Crippen LogP contribution in [0.2, 0.25) is 0 Å². The van der Waals surface area contributed by atoms with E-state index in [0.717, 1.165) is 5.69 Å². The van der Waals surface area contributed by atoms with Crippen LogP contribution in [0.5, 0.6) is 0 Å². The van der Waals surface area contributed by atoms with Gasteiger partial charge >= 0.3 is 12.2 Å². The number of fused-ring (bicyclic) bond motifs is 1. The third kappa shape index (κ3) is 4.40. The number of alkyl halides is 3. The van der Waals surface area contributed by atoms with Gasteiger partial charge in [0.1, 0.15) is 12.2 Å². The van der Waals surface area contributed by atoms with Gasteiger partial charge in [0.2, 0.25) is 0 Å². The molecule has 3 rings (SSSR count). The number of anilines is 1. The molecule has 0 bridgehead atoms. The summed E-state index contributed by atoms with van der Waals surface area (Å²) in [7, 11) is 0. The van der Waals surface area contributed by atoms with Crippen LogP contribution < -0.4 is 10.6 Å². The first-order chi connectivity index (χ1) is 13.3. The summed E-state index contributed by atoms with van der Waals surface area (Å²) in [5, 5.41) is 16.2. The molecule has 0 saturated heterocycles. The molecule has 0 fully saturated rings. The molecular formula is C18H16F3N5O2. The highest BCUT2D eigenvalue weighted by atomic mass is 19.4. The average molecular weight is 391 g/mol. The van der Waals surface area contributed by atoms with Crippen molar-refractivity contribution in [2.75, 3.05) is 11.9 Å². The van der Waals surface area contributed by atoms with E-state index in [4.69, 9.17) is 5.21 Å². The van der Waals surface area contributed by atoms with E-state index in [1.54, 1.807) is 65.4 Å². The van der Waals surface area contributed by atoms with Crippen LogP contribution in [0.25, 0.3) is 16.9 Å². The lowest BCUT2D eigenvalue weighted by atomic mass is 10.1. The van der Waals surface area contributed by atoms with Crippen molar-refractivity contribution in [3.05, 3.63) is 54.4 Å². The second-order valence-electron chi connectivity index (χ2n) is 5.98. The minimum absolute atomic E-state index is 0.340. The summed E-state index contributed by atoms with van der Waals surface area (Å²) in [6.07, 6.45) is -1.08. The molecule has 0 aliphatic rings. The fourth-order valence-electron chi connectivity index (χ4n) is 2.59. The zero-order valence-electron chi connectivity index (χ0n) is 14.7. The predicted molar refractivity (Wildman–Crippen MR) is 97.7 cm³/mol. The maximum absolute atomic E-state index is 12.2. The van der Waals surface area contributed by atoms with E-state index in [1.165, 1.54) is 0 Å². The van der Waals surface area contributed by atoms with E-state index < -0.39 is 18.8 Å². The summed E-state index contributed by atoms with van der Waals surface area (Å²) in [6.45, 7) is 0.249. The highest BCUT2D eigenvalue weighted by molar-refractivity contribution is 5.99. The van der Waals surface area contributed by atoms with E-state index in [-0.39, 0.29) is 0 Å². The van der Waals surface area contributed by atoms with Crippen LogP contribution in [0, 0.1) is 0 Å². The minimum atomic E-state index is -4.48. The van der Waals surface area contributed by atoms with Gasteiger partial charge in [-0.3, -0.25) is 4.40 Å². The van der Waals surface area contributed by atoms with Gasteiger partial charge in [0, 0.05) is 23.0 Å². The molecule has 10 heteroatoms. The van der Waals surface area contributed by atoms with E-state index in [1.807, 2.05) is 0 Å². The Bertz CT molecular complexity index is 1040. The molecule has 146 valence electrons. The van der Waals surface area contributed by atoms with Crippen molar-refractivity contribution in [3.8, 4) is 11.3 Å². The van der Waals surface area contributed by atoms with Crippen molar-refractivity contribution in [1.29, 1.82) is 0 Å². The lowest BCUT2D eigenvalue weighted by Crippen LogP contribution is -2.36. The van der Waals surface area contributed by atoms with E-state index >= 15 is 0 Å². The molecule has 0 aliphatic heterocycles. The molecule has 28 heavy (non-hydrogen) atoms. The maximum Gasteiger partial charge on any atom is 0.405 e. The topological polar surface area (TPSA) is 91.0 Å². The number of rotatable bonds is 4. The summed E-state index contributed by atoms with van der Waals surface area (Å²) in [5.74, 6) is 0. The number of oxime groups is 1. The Balaban J connectivity index is 1.83. The fraction of sp³-hybridized carbons (Fsp3) is 0.167. The number of amides is 2. The number of urea groups is 1. The highest BCUT2D eigenvalue weighted by Gasteiger charge is 2.27. The first kappa shape index (κ1) is 19.2. The summed E-state index contributed by atoms with van der Waals surface area (Å²) in [5.41, 5.74) is 3.55. The van der Waals surface area contributed by atoms with Gasteiger partial charge in [0.15, 0.2) is 0 Å². The smallest absolute Gasteiger partial charge is 0.405 e. The van der Waals surface area contributed by atoms with E-state index in [2.05, 4.69) is 15.5 Å². The van der Waals surface area contributed by atoms with Crippen molar-refractivity contribution < 1.29 is 23.2 Å². The summed E-state index contributed by atoms with van der Waals surface area (Å²) in [4.78, 5) is 15.9. The molecule has 0 spiro atoms. The number of hydrogen-bond donors (Lipinski definition) is 3. The number of nitrogens with zero attached hydrogens (tertiary/aromatic N) is 3. The largest absolute Gasteiger partial charge is 0.411 e. The number of imidazole rings is 1. The summed E-state index contributed by atoms with van der Waals surface area (Å²) in [6, 6.07) is 9.23. The van der Waals surface area contributed by atoms with Gasteiger partial charge < -0.3 is 15.8 Å². The van der Waals surface area contributed by atoms with Crippen LogP contribution in [0.3, 0.4) is 0 Å². The average Bonchev–Trinajstić information content (AvgIpc) is 3.08. The number of carbonyl (C=O) groups is 1. The number of aromatic nitrogens is 2. The zero-order chi connectivity index (χ0) is 20.3. The number of pyridine rings is 1. The van der Waals surface area contributed by atoms with Gasteiger partial charge in [-0.2, -0.15) is 13.2 Å². The van der Waals surface area contributed by atoms with Gasteiger partial charge in [-0.1, -0.05) is 17.3 Å². The minimum Gasteiger partial charge on any atom is -0.411 e. The lowest BCUT2D eigenvalue weighted by Gasteiger charge is -2.11. The number of carbonyl (C=O) groups excluding carboxylic acids is 1. The number of hydrogen-bond acceptors (Lipinski definition) is 4. The van der Waals surface area contributed by atoms with Gasteiger partial charge in [-0.25, -0.2) is 9.78 Å². The first-order valence-electron chi connectivity index (χ1n) is 8.15. The Hall–Kier alpha value is -3.56. The van der Waals surface area contributed by atoms with E-state index in [9.17, 15) is 18.0 Å². The van der Waals surface area contributed by atoms with Crippen molar-refractivity contribution in [2.24, 2.45) is 5.16 Å². The summed E-state index contributed by atoms with van der Waals surface area (Å²) >= 11 is 0. The molecule has 3 N–H and O–H groups in total. The molecule has 0 atom stereocenters. The molecule has 7 nitrogen and oxygen atoms in total. The molecule has 2 heterocycles. The Morgan fingerprint density at radius 2 is 2.07 bits per heavy atom. The second-order valence-corrected chi connectivity index (χ2v) is 5.98. The molecule has 1 aromatic carbocycles. The van der Waals surface area contributed by atoms with Crippen molar-refractivity contribution in [3.63, 3.8) is 0 Å². The molecule has 2 aromatic heterocycles. The van der Waals surface area contributed by atoms with Gasteiger partial charge in [-0.15, -0.1) is 0 Å². The highest BCUT2D eigenvalue weighted by Crippen LogP contribution is 2.24. The normalized spacial score (nSPS) is 12.2. The third-order valence-corrected chi connectivity index (χ3v) is 3.95. The molecule has 2 amide bonds. The maximum atomic E-state index is 12.2. The Morgan fingerprint density at radius 1 is 1.29 bits per heavy atom. The molecule has 0 saturated carbocycles. The molecule has 0 unspecified atom stereocenters. The first-order valence-corrected chi connectivity index (χ1v) is 8.15. The van der Waals surface area contributed by atoms with E-state index in [0.29, 0.717) is 28.2 Å². The van der Waals surface area contributed by atoms with Gasteiger partial charge in [0.25, 0.3) is 0 Å². The Labute approximate surface area is 157 Å². The molecule has 0 radical (unpaired) electrons. The fourth-order valence-corrected chi connectivity index (χ4v) is 2.59. The number of halogens is 3. The quantitative estimate of drug-likeness (QED) is 0.358. The van der Waals surface area contributed by atoms with Crippen molar-refractivity contribution in [1.82, 2.24) is 14.7 Å². The third-order valence-electron chi connectivity index (χ3n) is 3.95. The molecule has 0 aliphatic carbocycles. The number of nitrogens with one attached hydrogen (secondary N) is 2. The predicted octanol–water partition coefficient (Wildman–Crippen LogP) is 3.88. The standard InChI is InChI=1S/C18H16F3N5O2/c1-11(25-28)12-5-6-26-15(9-22-16(26)8-12)13-3-2-4-14(7-13)24-17(27)23-10-18(19,20)21/h2-9,28H,10H2,1H3,(H2,23,24,27)/b25-11+. The van der Waals surface area contributed by atoms with Gasteiger partial charge in [-0.05, 0) is 31.2 Å². The van der Waals surface area contributed by atoms with Gasteiger partial charge in [0.05, 0.1) is 17.6 Å². The summed E-state index contributed by atoms with van der Waals surface area (Å²) < 4.78 is 38.3. The van der Waals surface area contributed by atoms with Crippen LogP contribution in [0.4, 0.5) is 23.7 Å². The Morgan fingerprint density at radius 3 is 2.79 bits per heavy atom. The van der Waals surface area contributed by atoms with Crippen LogP contribution in [0.15, 0.2) is 53.9 Å². The van der Waals surface area contributed by atoms with Crippen LogP contribution >= 0.6 is 0 Å². The lowest BCUT2D eigenvalue weighted by molar-refractivity contribution is -0.122. The van der Waals surface area contributed by atoms with Crippen LogP contribution in [0.1, 0.15) is 12.5 Å². The SMILES string of the molecule is C/C(=N\O)c1ccn2c(-c3cccc(NC(=O)NCC(F)(F)F)c3)cnc2c1. The molecular weight excluding hydrogens is 375 g/mol. The van der Waals surface area contributed by atoms with Crippen molar-refractivity contribution >= 4 is 23.1 Å². The zero-order valence-corrected chi connectivity index (χ0v) is 14.7. The second kappa shape index (κ2) is 7.59. The van der Waals surface area contributed by atoms with Crippen molar-refractivity contribution in [2.45, 2.75) is 13.1 Å². The Kier molecular flexibility index (Phi) is 5.21. The van der Waals surface area contributed by atoms with Crippen LogP contribution in [-0.4, -0.2) is 39.1 Å². The molecule has 3 aromatic rings.